The second-order valence-electron chi connectivity index (χ2n) is 5.20. The topological polar surface area (TPSA) is 183 Å². The maximum atomic E-state index is 11.3. The number of hydrogen-bond donors (Lipinski definition) is 5. The van der Waals surface area contributed by atoms with E-state index in [0.717, 1.165) is 0 Å². The van der Waals surface area contributed by atoms with Crippen LogP contribution in [-0.2, 0) is 16.0 Å². The van der Waals surface area contributed by atoms with Crippen molar-refractivity contribution in [2.75, 3.05) is 12.3 Å². The van der Waals surface area contributed by atoms with Crippen LogP contribution in [0, 0.1) is 0 Å². The van der Waals surface area contributed by atoms with Crippen molar-refractivity contribution in [2.45, 2.75) is 31.0 Å². The molecule has 11 heteroatoms. The summed E-state index contributed by atoms with van der Waals surface area (Å²) >= 11 is 0. The summed E-state index contributed by atoms with van der Waals surface area (Å²) in [4.78, 5) is 23.3. The summed E-state index contributed by atoms with van der Waals surface area (Å²) in [5, 5.41) is 29.3. The van der Waals surface area contributed by atoms with Gasteiger partial charge in [0.1, 0.15) is 30.5 Å². The molecule has 2 aromatic rings. The number of carbonyl (C=O) groups excluding carboxylic acids is 1. The predicted molar refractivity (Wildman–Crippen MR) is 75.6 cm³/mol. The lowest BCUT2D eigenvalue weighted by Gasteiger charge is -2.19. The van der Waals surface area contributed by atoms with Gasteiger partial charge in [-0.15, -0.1) is 0 Å². The Bertz CT molecular complexity index is 749. The molecule has 0 radical (unpaired) electrons. The number of rotatable bonds is 4. The molecule has 1 fully saturated rings. The van der Waals surface area contributed by atoms with Crippen molar-refractivity contribution < 1.29 is 24.9 Å². The van der Waals surface area contributed by atoms with Gasteiger partial charge in [-0.05, 0) is 0 Å². The van der Waals surface area contributed by atoms with Gasteiger partial charge in [0.2, 0.25) is 5.91 Å². The Morgan fingerprint density at radius 1 is 1.35 bits per heavy atom. The number of aliphatic hydroxyl groups is 3. The molecule has 23 heavy (non-hydrogen) atoms. The Kier molecular flexibility index (Phi) is 3.85. The summed E-state index contributed by atoms with van der Waals surface area (Å²) in [5.74, 6) is -0.402. The number of aliphatic hydroxyl groups excluding tert-OH is 3. The minimum Gasteiger partial charge on any atom is -0.394 e. The molecule has 4 atom stereocenters. The number of nitrogens with two attached hydrogens (primary N) is 2. The third kappa shape index (κ3) is 2.49. The molecule has 0 aliphatic carbocycles. The highest BCUT2D eigenvalue weighted by Gasteiger charge is 2.45. The minimum absolute atomic E-state index is 0.0891. The molecule has 1 saturated heterocycles. The number of nitrogens with zero attached hydrogens (tertiary/aromatic N) is 4. The van der Waals surface area contributed by atoms with E-state index < -0.39 is 37.1 Å². The fourth-order valence-corrected chi connectivity index (χ4v) is 2.61. The molecule has 0 aromatic carbocycles. The number of aromatic nitrogens is 4. The first-order valence-electron chi connectivity index (χ1n) is 6.82. The lowest BCUT2D eigenvalue weighted by atomic mass is 10.1. The van der Waals surface area contributed by atoms with E-state index >= 15 is 0 Å². The van der Waals surface area contributed by atoms with E-state index in [-0.39, 0.29) is 29.2 Å². The first-order chi connectivity index (χ1) is 10.9. The second kappa shape index (κ2) is 5.70. The molecular weight excluding hydrogens is 308 g/mol. The summed E-state index contributed by atoms with van der Waals surface area (Å²) in [5.41, 5.74) is 11.4. The maximum absolute atomic E-state index is 11.3. The van der Waals surface area contributed by atoms with Gasteiger partial charge in [0.05, 0.1) is 13.0 Å². The molecule has 3 heterocycles. The zero-order chi connectivity index (χ0) is 16.7. The molecule has 0 spiro atoms. The lowest BCUT2D eigenvalue weighted by Crippen LogP contribution is -2.33. The fraction of sp³-hybridized carbons (Fsp3) is 0.500. The van der Waals surface area contributed by atoms with Gasteiger partial charge in [0.25, 0.3) is 0 Å². The van der Waals surface area contributed by atoms with Gasteiger partial charge in [-0.1, -0.05) is 0 Å². The van der Waals surface area contributed by atoms with E-state index in [1.165, 1.54) is 10.9 Å². The molecule has 4 unspecified atom stereocenters. The summed E-state index contributed by atoms with van der Waals surface area (Å²) in [7, 11) is 0. The average Bonchev–Trinajstić information content (AvgIpc) is 2.98. The van der Waals surface area contributed by atoms with Crippen LogP contribution in [-0.4, -0.2) is 65.7 Å². The molecule has 1 aliphatic rings. The van der Waals surface area contributed by atoms with Crippen molar-refractivity contribution in [3.63, 3.8) is 0 Å². The van der Waals surface area contributed by atoms with Crippen molar-refractivity contribution in [3.8, 4) is 0 Å². The zero-order valence-electron chi connectivity index (χ0n) is 11.9. The Hall–Kier alpha value is -2.34. The van der Waals surface area contributed by atoms with E-state index in [4.69, 9.17) is 16.2 Å². The summed E-state index contributed by atoms with van der Waals surface area (Å²) < 4.78 is 6.80. The van der Waals surface area contributed by atoms with Gasteiger partial charge in [0, 0.05) is 0 Å². The number of carbonyl (C=O) groups is 1. The molecule has 124 valence electrons. The van der Waals surface area contributed by atoms with Gasteiger partial charge < -0.3 is 31.5 Å². The predicted octanol–water partition coefficient (Wildman–Crippen LogP) is -2.95. The van der Waals surface area contributed by atoms with Crippen molar-refractivity contribution >= 4 is 22.9 Å². The first kappa shape index (κ1) is 15.6. The lowest BCUT2D eigenvalue weighted by molar-refractivity contribution is -0.117. The minimum atomic E-state index is -1.35. The Balaban J connectivity index is 2.15. The number of hydrogen-bond acceptors (Lipinski definition) is 9. The smallest absolute Gasteiger partial charge is 0.225 e. The number of anilines is 1. The van der Waals surface area contributed by atoms with E-state index in [2.05, 4.69) is 15.0 Å². The van der Waals surface area contributed by atoms with E-state index in [0.29, 0.717) is 0 Å². The Morgan fingerprint density at radius 3 is 2.70 bits per heavy atom. The maximum Gasteiger partial charge on any atom is 0.225 e. The van der Waals surface area contributed by atoms with Crippen LogP contribution in [0.15, 0.2) is 6.33 Å². The highest BCUT2D eigenvalue weighted by Crippen LogP contribution is 2.33. The van der Waals surface area contributed by atoms with Crippen molar-refractivity contribution in [3.05, 3.63) is 12.2 Å². The Labute approximate surface area is 129 Å². The van der Waals surface area contributed by atoms with Crippen LogP contribution in [0.5, 0.6) is 0 Å². The van der Waals surface area contributed by atoms with Crippen LogP contribution in [0.25, 0.3) is 11.2 Å². The van der Waals surface area contributed by atoms with Crippen molar-refractivity contribution in [1.82, 2.24) is 19.5 Å². The zero-order valence-corrected chi connectivity index (χ0v) is 11.9. The molecule has 0 saturated carbocycles. The van der Waals surface area contributed by atoms with Crippen LogP contribution in [0.1, 0.15) is 12.1 Å². The van der Waals surface area contributed by atoms with E-state index in [1.807, 2.05) is 0 Å². The van der Waals surface area contributed by atoms with E-state index in [9.17, 15) is 20.1 Å². The molecule has 3 rings (SSSR count). The van der Waals surface area contributed by atoms with Crippen LogP contribution in [0.2, 0.25) is 0 Å². The molecule has 0 bridgehead atoms. The number of primary amides is 1. The normalized spacial score (nSPS) is 27.6. The van der Waals surface area contributed by atoms with Gasteiger partial charge in [0.15, 0.2) is 23.2 Å². The summed E-state index contributed by atoms with van der Waals surface area (Å²) in [6.45, 7) is -0.483. The van der Waals surface area contributed by atoms with Crippen LogP contribution >= 0.6 is 0 Å². The largest absolute Gasteiger partial charge is 0.394 e. The summed E-state index contributed by atoms with van der Waals surface area (Å²) in [6, 6.07) is 0. The molecule has 7 N–H and O–H groups in total. The van der Waals surface area contributed by atoms with Crippen LogP contribution in [0.4, 0.5) is 5.82 Å². The second-order valence-corrected chi connectivity index (χ2v) is 5.20. The quantitative estimate of drug-likeness (QED) is 0.392. The highest BCUT2D eigenvalue weighted by molar-refractivity contribution is 5.83. The first-order valence-corrected chi connectivity index (χ1v) is 6.82. The SMILES string of the molecule is NC(=O)Cc1nc2c(N)ncnc2n1C1OC(CO)C(O)C1O. The summed E-state index contributed by atoms with van der Waals surface area (Å²) in [6.07, 6.45) is -3.78. The van der Waals surface area contributed by atoms with E-state index in [1.54, 1.807) is 0 Å². The number of ether oxygens (including phenoxy) is 1. The monoisotopic (exact) mass is 324 g/mol. The molecule has 11 nitrogen and oxygen atoms in total. The van der Waals surface area contributed by atoms with Crippen LogP contribution in [0.3, 0.4) is 0 Å². The van der Waals surface area contributed by atoms with Gasteiger partial charge in [-0.25, -0.2) is 15.0 Å². The van der Waals surface area contributed by atoms with Gasteiger partial charge >= 0.3 is 0 Å². The van der Waals surface area contributed by atoms with Crippen molar-refractivity contribution in [2.24, 2.45) is 5.73 Å². The fourth-order valence-electron chi connectivity index (χ4n) is 2.61. The molecule has 2 aromatic heterocycles. The van der Waals surface area contributed by atoms with Gasteiger partial charge in [-0.3, -0.25) is 9.36 Å². The molecule has 1 amide bonds. The third-order valence-electron chi connectivity index (χ3n) is 3.68. The molecular formula is C12H16N6O5. The number of amides is 1. The third-order valence-corrected chi connectivity index (χ3v) is 3.68. The number of fused-ring (bicyclic) bond motifs is 1. The number of nitrogen functional groups attached to an aromatic ring is 1. The average molecular weight is 324 g/mol. The van der Waals surface area contributed by atoms with Crippen molar-refractivity contribution in [1.29, 1.82) is 0 Å². The molecule has 1 aliphatic heterocycles. The Morgan fingerprint density at radius 2 is 2.09 bits per heavy atom. The van der Waals surface area contributed by atoms with Gasteiger partial charge in [-0.2, -0.15) is 0 Å². The van der Waals surface area contributed by atoms with Crippen LogP contribution < -0.4 is 11.5 Å². The standard InChI is InChI=1S/C12H16N6O5/c13-5(20)1-6-17-7-10(14)15-3-16-11(7)18(6)12-9(22)8(21)4(2-19)23-12/h3-4,8-9,12,19,21-22H,1-2H2,(H2,13,20)(H2,14,15,16). The number of imidazole rings is 1. The highest BCUT2D eigenvalue weighted by atomic mass is 16.6.